The fourth-order valence-corrected chi connectivity index (χ4v) is 4.99. The zero-order valence-corrected chi connectivity index (χ0v) is 17.5. The van der Waals surface area contributed by atoms with Crippen molar-refractivity contribution in [3.63, 3.8) is 0 Å². The van der Waals surface area contributed by atoms with Gasteiger partial charge in [0.05, 0.1) is 25.0 Å². The largest absolute Gasteiger partial charge is 0.504 e. The maximum Gasteiger partial charge on any atom is 0.262 e. The molecule has 1 unspecified atom stereocenters. The number of amides is 1. The summed E-state index contributed by atoms with van der Waals surface area (Å²) in [6, 6.07) is 4.95. The quantitative estimate of drug-likeness (QED) is 0.482. The highest BCUT2D eigenvalue weighted by atomic mass is 32.1. The number of carbonyl (C=O) groups is 1. The van der Waals surface area contributed by atoms with Crippen LogP contribution in [0.3, 0.4) is 0 Å². The van der Waals surface area contributed by atoms with Crippen LogP contribution in [0.5, 0.6) is 11.5 Å². The molecule has 8 nitrogen and oxygen atoms in total. The second kappa shape index (κ2) is 8.27. The second-order valence-electron chi connectivity index (χ2n) is 7.40. The van der Waals surface area contributed by atoms with Crippen LogP contribution in [-0.4, -0.2) is 33.9 Å². The maximum absolute atomic E-state index is 13.0. The van der Waals surface area contributed by atoms with Crippen LogP contribution in [0, 0.1) is 5.92 Å². The molecule has 1 aromatic carbocycles. The van der Waals surface area contributed by atoms with Crippen molar-refractivity contribution in [2.24, 2.45) is 11.0 Å². The van der Waals surface area contributed by atoms with E-state index in [4.69, 9.17) is 4.74 Å². The van der Waals surface area contributed by atoms with Gasteiger partial charge in [0.1, 0.15) is 11.4 Å². The summed E-state index contributed by atoms with van der Waals surface area (Å²) in [6.45, 7) is 2.03. The first-order chi connectivity index (χ1) is 14.5. The van der Waals surface area contributed by atoms with E-state index in [1.165, 1.54) is 29.1 Å². The summed E-state index contributed by atoms with van der Waals surface area (Å²) in [5, 5.41) is 14.5. The number of carbonyl (C=O) groups excluding carboxylic acids is 1. The van der Waals surface area contributed by atoms with Gasteiger partial charge in [-0.25, -0.2) is 10.4 Å². The first-order valence-corrected chi connectivity index (χ1v) is 10.5. The Kier molecular flexibility index (Phi) is 5.54. The van der Waals surface area contributed by atoms with Crippen LogP contribution in [0.4, 0.5) is 0 Å². The predicted octanol–water partition coefficient (Wildman–Crippen LogP) is 2.45. The number of thiophene rings is 1. The van der Waals surface area contributed by atoms with Gasteiger partial charge in [0.2, 0.25) is 0 Å². The number of nitrogens with zero attached hydrogens (tertiary/aromatic N) is 3. The number of phenols is 1. The third-order valence-electron chi connectivity index (χ3n) is 5.24. The van der Waals surface area contributed by atoms with Gasteiger partial charge in [0.15, 0.2) is 11.5 Å². The Morgan fingerprint density at radius 3 is 3.13 bits per heavy atom. The molecule has 0 spiro atoms. The van der Waals surface area contributed by atoms with E-state index in [1.54, 1.807) is 29.5 Å². The Morgan fingerprint density at radius 2 is 2.33 bits per heavy atom. The molecule has 1 amide bonds. The number of hydrogen-bond donors (Lipinski definition) is 2. The molecule has 2 heterocycles. The first kappa shape index (κ1) is 20.1. The van der Waals surface area contributed by atoms with Crippen LogP contribution in [0.1, 0.15) is 29.3 Å². The number of aromatic hydroxyl groups is 1. The molecular weight excluding hydrogens is 404 g/mol. The lowest BCUT2D eigenvalue weighted by Crippen LogP contribution is -2.30. The smallest absolute Gasteiger partial charge is 0.262 e. The standard InChI is InChI=1S/C21H22N4O4S/c1-12-6-7-14-16(8-12)30-20-18(14)21(28)25(11-22-20)10-17(26)24-23-9-13-4-3-5-15(29-2)19(13)27/h3-5,9,11-12,27H,6-8,10H2,1-2H3,(H,24,26). The van der Waals surface area contributed by atoms with Gasteiger partial charge < -0.3 is 9.84 Å². The SMILES string of the molecule is COc1cccc(C=NNC(=O)Cn2cnc3sc4c(c3c2=O)CCC(C)C4)c1O. The summed E-state index contributed by atoms with van der Waals surface area (Å²) >= 11 is 1.58. The van der Waals surface area contributed by atoms with Crippen molar-refractivity contribution in [2.75, 3.05) is 7.11 Å². The number of aromatic nitrogens is 2. The Balaban J connectivity index is 1.50. The van der Waals surface area contributed by atoms with Crippen LogP contribution < -0.4 is 15.7 Å². The predicted molar refractivity (Wildman–Crippen MR) is 115 cm³/mol. The molecule has 3 aromatic rings. The molecule has 30 heavy (non-hydrogen) atoms. The number of hydrazone groups is 1. The second-order valence-corrected chi connectivity index (χ2v) is 8.48. The van der Waals surface area contributed by atoms with Crippen LogP contribution in [0.25, 0.3) is 10.2 Å². The van der Waals surface area contributed by atoms with Crippen molar-refractivity contribution in [1.29, 1.82) is 0 Å². The molecule has 0 bridgehead atoms. The van der Waals surface area contributed by atoms with Crippen LogP contribution in [0.2, 0.25) is 0 Å². The molecular formula is C21H22N4O4S. The van der Waals surface area contributed by atoms with Crippen LogP contribution >= 0.6 is 11.3 Å². The van der Waals surface area contributed by atoms with Crippen molar-refractivity contribution in [2.45, 2.75) is 32.7 Å². The summed E-state index contributed by atoms with van der Waals surface area (Å²) in [5.74, 6) is 0.389. The highest BCUT2D eigenvalue weighted by molar-refractivity contribution is 7.18. The molecule has 4 rings (SSSR count). The van der Waals surface area contributed by atoms with Crippen molar-refractivity contribution in [1.82, 2.24) is 15.0 Å². The van der Waals surface area contributed by atoms with Gasteiger partial charge in [-0.05, 0) is 42.9 Å². The van der Waals surface area contributed by atoms with Crippen LogP contribution in [0.15, 0.2) is 34.4 Å². The minimum Gasteiger partial charge on any atom is -0.504 e. The minimum atomic E-state index is -0.463. The average molecular weight is 426 g/mol. The molecule has 2 aromatic heterocycles. The van der Waals surface area contributed by atoms with E-state index in [1.807, 2.05) is 0 Å². The van der Waals surface area contributed by atoms with Crippen molar-refractivity contribution >= 4 is 33.7 Å². The van der Waals surface area contributed by atoms with Gasteiger partial charge >= 0.3 is 0 Å². The lowest BCUT2D eigenvalue weighted by Gasteiger charge is -2.17. The Labute approximate surface area is 176 Å². The third-order valence-corrected chi connectivity index (χ3v) is 6.40. The summed E-state index contributed by atoms with van der Waals surface area (Å²) in [4.78, 5) is 31.6. The molecule has 9 heteroatoms. The molecule has 1 atom stereocenters. The summed E-state index contributed by atoms with van der Waals surface area (Å²) in [5.41, 5.74) is 3.66. The molecule has 0 radical (unpaired) electrons. The van der Waals surface area contributed by atoms with Crippen molar-refractivity contribution in [3.05, 3.63) is 50.9 Å². The van der Waals surface area contributed by atoms with Gasteiger partial charge in [0, 0.05) is 10.4 Å². The summed E-state index contributed by atoms with van der Waals surface area (Å²) in [6.07, 6.45) is 5.63. The van der Waals surface area contributed by atoms with Gasteiger partial charge in [-0.3, -0.25) is 14.2 Å². The van der Waals surface area contributed by atoms with Gasteiger partial charge in [-0.1, -0.05) is 13.0 Å². The molecule has 0 aliphatic heterocycles. The number of phenolic OH excluding ortho intramolecular Hbond substituents is 1. The van der Waals surface area contributed by atoms with Gasteiger partial charge in [-0.2, -0.15) is 5.10 Å². The Morgan fingerprint density at radius 1 is 1.50 bits per heavy atom. The van der Waals surface area contributed by atoms with Crippen molar-refractivity contribution < 1.29 is 14.6 Å². The van der Waals surface area contributed by atoms with E-state index in [-0.39, 0.29) is 17.9 Å². The molecule has 156 valence electrons. The van der Waals surface area contributed by atoms with Crippen LogP contribution in [-0.2, 0) is 24.2 Å². The molecule has 1 aliphatic rings. The lowest BCUT2D eigenvalue weighted by molar-refractivity contribution is -0.121. The number of ether oxygens (including phenoxy) is 1. The first-order valence-electron chi connectivity index (χ1n) is 9.65. The molecule has 0 fully saturated rings. The van der Waals surface area contributed by atoms with E-state index in [0.29, 0.717) is 22.6 Å². The highest BCUT2D eigenvalue weighted by Gasteiger charge is 2.23. The average Bonchev–Trinajstić information content (AvgIpc) is 3.09. The number of methoxy groups -OCH3 is 1. The fraction of sp³-hybridized carbons (Fsp3) is 0.333. The Hall–Kier alpha value is -3.20. The number of nitrogens with one attached hydrogen (secondary N) is 1. The molecule has 1 aliphatic carbocycles. The van der Waals surface area contributed by atoms with E-state index < -0.39 is 5.91 Å². The normalized spacial score (nSPS) is 16.0. The lowest BCUT2D eigenvalue weighted by atomic mass is 9.89. The number of hydrogen-bond acceptors (Lipinski definition) is 7. The number of rotatable bonds is 5. The third kappa shape index (κ3) is 3.80. The topological polar surface area (TPSA) is 106 Å². The number of aryl methyl sites for hydroxylation is 1. The van der Waals surface area contributed by atoms with E-state index in [0.717, 1.165) is 29.7 Å². The van der Waals surface area contributed by atoms with E-state index in [9.17, 15) is 14.7 Å². The monoisotopic (exact) mass is 426 g/mol. The fourth-order valence-electron chi connectivity index (χ4n) is 3.65. The maximum atomic E-state index is 13.0. The molecule has 0 saturated heterocycles. The van der Waals surface area contributed by atoms with Gasteiger partial charge in [-0.15, -0.1) is 11.3 Å². The molecule has 2 N–H and O–H groups in total. The number of fused-ring (bicyclic) bond motifs is 3. The number of para-hydroxylation sites is 1. The zero-order valence-electron chi connectivity index (χ0n) is 16.7. The summed E-state index contributed by atoms with van der Waals surface area (Å²) in [7, 11) is 1.45. The Bertz CT molecular complexity index is 1200. The van der Waals surface area contributed by atoms with Crippen molar-refractivity contribution in [3.8, 4) is 11.5 Å². The molecule has 0 saturated carbocycles. The number of benzene rings is 1. The highest BCUT2D eigenvalue weighted by Crippen LogP contribution is 2.35. The minimum absolute atomic E-state index is 0.0691. The van der Waals surface area contributed by atoms with E-state index >= 15 is 0 Å². The zero-order chi connectivity index (χ0) is 21.3. The van der Waals surface area contributed by atoms with E-state index in [2.05, 4.69) is 22.4 Å². The summed E-state index contributed by atoms with van der Waals surface area (Å²) < 4.78 is 6.34. The van der Waals surface area contributed by atoms with Gasteiger partial charge in [0.25, 0.3) is 11.5 Å².